The number of nitrogens with one attached hydrogen (secondary N) is 2. The fraction of sp³-hybridized carbons (Fsp3) is 0.286. The van der Waals surface area contributed by atoms with Crippen molar-refractivity contribution in [2.45, 2.75) is 19.9 Å². The maximum absolute atomic E-state index is 11.6. The number of rotatable bonds is 4. The lowest BCUT2D eigenvalue weighted by atomic mass is 10.1. The standard InChI is InChI=1S/C14H15N3O4/c1-9(2)16-14(20)17-12(18)8-21-13(19)11-5-3-10(7-15)4-6-11/h3-6,9H,8H2,1-2H3,(H2,16,17,18,20). The molecule has 0 aliphatic heterocycles. The summed E-state index contributed by atoms with van der Waals surface area (Å²) in [5.74, 6) is -1.44. The van der Waals surface area contributed by atoms with Crippen LogP contribution in [0.4, 0.5) is 4.79 Å². The van der Waals surface area contributed by atoms with Crippen molar-refractivity contribution in [3.63, 3.8) is 0 Å². The first-order valence-corrected chi connectivity index (χ1v) is 6.20. The van der Waals surface area contributed by atoms with Crippen LogP contribution in [0.15, 0.2) is 24.3 Å². The van der Waals surface area contributed by atoms with E-state index in [0.29, 0.717) is 5.56 Å². The maximum atomic E-state index is 11.6. The summed E-state index contributed by atoms with van der Waals surface area (Å²) in [6.45, 7) is 2.92. The van der Waals surface area contributed by atoms with Crippen molar-refractivity contribution in [2.24, 2.45) is 0 Å². The average molecular weight is 289 g/mol. The third kappa shape index (κ3) is 5.74. The highest BCUT2D eigenvalue weighted by Crippen LogP contribution is 2.04. The number of hydrogen-bond donors (Lipinski definition) is 2. The molecular formula is C14H15N3O4. The third-order valence-electron chi connectivity index (χ3n) is 2.26. The molecule has 0 unspecified atom stereocenters. The Morgan fingerprint density at radius 1 is 1.24 bits per heavy atom. The van der Waals surface area contributed by atoms with Gasteiger partial charge in [0.2, 0.25) is 0 Å². The zero-order valence-corrected chi connectivity index (χ0v) is 11.7. The molecule has 7 nitrogen and oxygen atoms in total. The fourth-order valence-electron chi connectivity index (χ4n) is 1.36. The summed E-state index contributed by atoms with van der Waals surface area (Å²) in [4.78, 5) is 34.2. The van der Waals surface area contributed by atoms with Crippen LogP contribution in [0.2, 0.25) is 0 Å². The summed E-state index contributed by atoms with van der Waals surface area (Å²) in [6.07, 6.45) is 0. The van der Waals surface area contributed by atoms with E-state index in [0.717, 1.165) is 0 Å². The zero-order chi connectivity index (χ0) is 15.8. The number of benzene rings is 1. The molecule has 0 radical (unpaired) electrons. The molecule has 7 heteroatoms. The van der Waals surface area contributed by atoms with Crippen molar-refractivity contribution in [3.8, 4) is 6.07 Å². The number of nitriles is 1. The molecule has 1 aromatic rings. The van der Waals surface area contributed by atoms with Gasteiger partial charge in [0.1, 0.15) is 0 Å². The van der Waals surface area contributed by atoms with Crippen LogP contribution >= 0.6 is 0 Å². The van der Waals surface area contributed by atoms with Crippen molar-refractivity contribution in [2.75, 3.05) is 6.61 Å². The minimum absolute atomic E-state index is 0.112. The highest BCUT2D eigenvalue weighted by atomic mass is 16.5. The van der Waals surface area contributed by atoms with E-state index in [1.54, 1.807) is 13.8 Å². The first kappa shape index (κ1) is 16.2. The molecular weight excluding hydrogens is 274 g/mol. The van der Waals surface area contributed by atoms with Gasteiger partial charge in [-0.25, -0.2) is 9.59 Å². The summed E-state index contributed by atoms with van der Waals surface area (Å²) in [7, 11) is 0. The van der Waals surface area contributed by atoms with E-state index in [1.807, 2.05) is 11.4 Å². The van der Waals surface area contributed by atoms with Crippen molar-refractivity contribution >= 4 is 17.9 Å². The number of carbonyl (C=O) groups excluding carboxylic acids is 3. The highest BCUT2D eigenvalue weighted by Gasteiger charge is 2.12. The van der Waals surface area contributed by atoms with Gasteiger partial charge in [-0.05, 0) is 38.1 Å². The molecule has 0 spiro atoms. The summed E-state index contributed by atoms with van der Waals surface area (Å²) in [6, 6.07) is 6.93. The van der Waals surface area contributed by atoms with Gasteiger partial charge in [0, 0.05) is 6.04 Å². The third-order valence-corrected chi connectivity index (χ3v) is 2.26. The highest BCUT2D eigenvalue weighted by molar-refractivity contribution is 5.97. The van der Waals surface area contributed by atoms with E-state index in [9.17, 15) is 14.4 Å². The first-order valence-electron chi connectivity index (χ1n) is 6.20. The van der Waals surface area contributed by atoms with Crippen LogP contribution in [0.25, 0.3) is 0 Å². The molecule has 1 aromatic carbocycles. The number of nitrogens with zero attached hydrogens (tertiary/aromatic N) is 1. The van der Waals surface area contributed by atoms with Crippen LogP contribution in [0.1, 0.15) is 29.8 Å². The number of imide groups is 1. The van der Waals surface area contributed by atoms with Gasteiger partial charge in [0.25, 0.3) is 5.91 Å². The Balaban J connectivity index is 2.43. The van der Waals surface area contributed by atoms with Crippen LogP contribution in [0, 0.1) is 11.3 Å². The maximum Gasteiger partial charge on any atom is 0.338 e. The molecule has 0 aliphatic carbocycles. The van der Waals surface area contributed by atoms with Crippen molar-refractivity contribution in [3.05, 3.63) is 35.4 Å². The van der Waals surface area contributed by atoms with Gasteiger partial charge in [-0.2, -0.15) is 5.26 Å². The molecule has 0 saturated carbocycles. The van der Waals surface area contributed by atoms with Gasteiger partial charge < -0.3 is 10.1 Å². The molecule has 3 amide bonds. The largest absolute Gasteiger partial charge is 0.452 e. The zero-order valence-electron chi connectivity index (χ0n) is 11.7. The summed E-state index contributed by atoms with van der Waals surface area (Å²) >= 11 is 0. The van der Waals surface area contributed by atoms with Crippen molar-refractivity contribution in [1.29, 1.82) is 5.26 Å². The quantitative estimate of drug-likeness (QED) is 0.802. The number of hydrogen-bond acceptors (Lipinski definition) is 5. The summed E-state index contributed by atoms with van der Waals surface area (Å²) < 4.78 is 4.76. The van der Waals surface area contributed by atoms with E-state index < -0.39 is 24.5 Å². The second-order valence-electron chi connectivity index (χ2n) is 4.44. The second kappa shape index (κ2) is 7.65. The fourth-order valence-corrected chi connectivity index (χ4v) is 1.36. The Hall–Kier alpha value is -2.88. The molecule has 0 aromatic heterocycles. The Kier molecular flexibility index (Phi) is 5.89. The Morgan fingerprint density at radius 3 is 2.38 bits per heavy atom. The predicted octanol–water partition coefficient (Wildman–Crippen LogP) is 0.949. The summed E-state index contributed by atoms with van der Waals surface area (Å²) in [5.41, 5.74) is 0.628. The lowest BCUT2D eigenvalue weighted by molar-refractivity contribution is -0.123. The molecule has 0 fully saturated rings. The Labute approximate surface area is 121 Å². The topological polar surface area (TPSA) is 108 Å². The number of amides is 3. The predicted molar refractivity (Wildman–Crippen MR) is 73.2 cm³/mol. The Bertz CT molecular complexity index is 573. The first-order chi connectivity index (χ1) is 9.92. The van der Waals surface area contributed by atoms with Crippen LogP contribution < -0.4 is 10.6 Å². The molecule has 110 valence electrons. The number of urea groups is 1. The van der Waals surface area contributed by atoms with E-state index in [1.165, 1.54) is 24.3 Å². The average Bonchev–Trinajstić information content (AvgIpc) is 2.43. The van der Waals surface area contributed by atoms with Gasteiger partial charge in [-0.3, -0.25) is 10.1 Å². The smallest absolute Gasteiger partial charge is 0.338 e. The Morgan fingerprint density at radius 2 is 1.86 bits per heavy atom. The van der Waals surface area contributed by atoms with Crippen molar-refractivity contribution < 1.29 is 19.1 Å². The minimum atomic E-state index is -0.727. The van der Waals surface area contributed by atoms with Crippen LogP contribution in [-0.4, -0.2) is 30.6 Å². The van der Waals surface area contributed by atoms with Gasteiger partial charge >= 0.3 is 12.0 Å². The number of carbonyl (C=O) groups is 3. The molecule has 21 heavy (non-hydrogen) atoms. The van der Waals surface area contributed by atoms with Crippen molar-refractivity contribution in [1.82, 2.24) is 10.6 Å². The monoisotopic (exact) mass is 289 g/mol. The van der Waals surface area contributed by atoms with E-state index in [-0.39, 0.29) is 11.6 Å². The lowest BCUT2D eigenvalue weighted by Gasteiger charge is -2.09. The molecule has 0 heterocycles. The number of ether oxygens (including phenoxy) is 1. The van der Waals surface area contributed by atoms with Gasteiger partial charge in [-0.15, -0.1) is 0 Å². The molecule has 0 aliphatic rings. The van der Waals surface area contributed by atoms with Gasteiger partial charge in [-0.1, -0.05) is 0 Å². The van der Waals surface area contributed by atoms with Crippen LogP contribution in [-0.2, 0) is 9.53 Å². The molecule has 0 saturated heterocycles. The normalized spacial score (nSPS) is 9.62. The van der Waals surface area contributed by atoms with Crippen LogP contribution in [0.3, 0.4) is 0 Å². The lowest BCUT2D eigenvalue weighted by Crippen LogP contribution is -2.44. The van der Waals surface area contributed by atoms with Gasteiger partial charge in [0.05, 0.1) is 17.2 Å². The molecule has 2 N–H and O–H groups in total. The van der Waals surface area contributed by atoms with Gasteiger partial charge in [0.15, 0.2) is 6.61 Å². The van der Waals surface area contributed by atoms with Crippen LogP contribution in [0.5, 0.6) is 0 Å². The summed E-state index contributed by atoms with van der Waals surface area (Å²) in [5, 5.41) is 13.1. The molecule has 0 bridgehead atoms. The minimum Gasteiger partial charge on any atom is -0.452 e. The van der Waals surface area contributed by atoms with E-state index in [2.05, 4.69) is 5.32 Å². The van der Waals surface area contributed by atoms with E-state index >= 15 is 0 Å². The van der Waals surface area contributed by atoms with E-state index in [4.69, 9.17) is 10.00 Å². The molecule has 1 rings (SSSR count). The number of esters is 1. The SMILES string of the molecule is CC(C)NC(=O)NC(=O)COC(=O)c1ccc(C#N)cc1. The molecule has 0 atom stereocenters. The second-order valence-corrected chi connectivity index (χ2v) is 4.44.